The molecule has 0 radical (unpaired) electrons. The number of rotatable bonds is 6. The number of aryl methyl sites for hydroxylation is 1. The van der Waals surface area contributed by atoms with E-state index >= 15 is 0 Å². The van der Waals surface area contributed by atoms with Crippen molar-refractivity contribution in [1.29, 1.82) is 5.53 Å². The van der Waals surface area contributed by atoms with Crippen LogP contribution in [0.1, 0.15) is 25.0 Å². The predicted molar refractivity (Wildman–Crippen MR) is 83.2 cm³/mol. The maximum atomic E-state index is 12.2. The molecular formula is C16H16N2O5. The van der Waals surface area contributed by atoms with E-state index in [2.05, 4.69) is 5.11 Å². The third-order valence-electron chi connectivity index (χ3n) is 3.73. The Kier molecular flexibility index (Phi) is 4.01. The van der Waals surface area contributed by atoms with Crippen LogP contribution in [0.5, 0.6) is 11.5 Å². The number of furan rings is 1. The lowest BCUT2D eigenvalue weighted by Crippen LogP contribution is -2.01. The first-order valence-electron chi connectivity index (χ1n) is 7.34. The summed E-state index contributed by atoms with van der Waals surface area (Å²) in [4.78, 5) is 12.2. The van der Waals surface area contributed by atoms with Crippen LogP contribution >= 0.6 is 0 Å². The van der Waals surface area contributed by atoms with Crippen molar-refractivity contribution in [3.63, 3.8) is 0 Å². The van der Waals surface area contributed by atoms with Gasteiger partial charge >= 0.3 is 5.63 Å². The molecule has 2 heterocycles. The number of benzene rings is 1. The fraction of sp³-hybridized carbons (Fsp3) is 0.312. The summed E-state index contributed by atoms with van der Waals surface area (Å²) in [5.41, 5.74) is 6.88. The molecule has 1 aromatic carbocycles. The molecule has 0 fully saturated rings. The van der Waals surface area contributed by atoms with Crippen molar-refractivity contribution in [2.45, 2.75) is 25.7 Å². The Bertz CT molecular complexity index is 925. The Morgan fingerprint density at radius 1 is 1.00 bits per heavy atom. The van der Waals surface area contributed by atoms with E-state index in [1.165, 1.54) is 12.1 Å². The van der Waals surface area contributed by atoms with Crippen molar-refractivity contribution >= 4 is 21.9 Å². The van der Waals surface area contributed by atoms with Gasteiger partial charge < -0.3 is 19.0 Å². The minimum Gasteiger partial charge on any atom is -0.504 e. The molecule has 3 N–H and O–H groups in total. The molecule has 0 saturated heterocycles. The lowest BCUT2D eigenvalue weighted by atomic mass is 10.1. The topological polar surface area (TPSA) is 120 Å². The summed E-state index contributed by atoms with van der Waals surface area (Å²) in [7, 11) is 0. The Hall–Kier alpha value is -2.83. The second-order valence-corrected chi connectivity index (χ2v) is 5.37. The van der Waals surface area contributed by atoms with E-state index in [-0.39, 0.29) is 16.9 Å². The largest absolute Gasteiger partial charge is 0.504 e. The van der Waals surface area contributed by atoms with Gasteiger partial charge in [0.1, 0.15) is 22.3 Å². The molecule has 0 amide bonds. The van der Waals surface area contributed by atoms with E-state index in [1.54, 1.807) is 6.07 Å². The second-order valence-electron chi connectivity index (χ2n) is 5.37. The molecule has 7 heteroatoms. The maximum absolute atomic E-state index is 12.2. The molecular weight excluding hydrogens is 300 g/mol. The van der Waals surface area contributed by atoms with Crippen LogP contribution in [0.25, 0.3) is 21.9 Å². The van der Waals surface area contributed by atoms with Gasteiger partial charge in [0, 0.05) is 23.9 Å². The number of unbranched alkanes of at least 4 members (excludes halogenated alkanes) is 2. The molecule has 0 aliphatic rings. The van der Waals surface area contributed by atoms with E-state index in [9.17, 15) is 15.0 Å². The maximum Gasteiger partial charge on any atom is 0.347 e. The molecule has 0 spiro atoms. The van der Waals surface area contributed by atoms with E-state index < -0.39 is 5.63 Å². The van der Waals surface area contributed by atoms with Gasteiger partial charge in [-0.15, -0.1) is 0 Å². The van der Waals surface area contributed by atoms with Crippen LogP contribution in [0, 0.1) is 5.53 Å². The molecule has 0 atom stereocenters. The van der Waals surface area contributed by atoms with Gasteiger partial charge in [0.05, 0.1) is 6.54 Å². The summed E-state index contributed by atoms with van der Waals surface area (Å²) in [6.45, 7) is 0.513. The molecule has 3 aromatic rings. The average Bonchev–Trinajstić information content (AvgIpc) is 2.85. The molecule has 0 unspecified atom stereocenters. The Morgan fingerprint density at radius 2 is 1.78 bits per heavy atom. The number of hydrogen-bond acceptors (Lipinski definition) is 7. The van der Waals surface area contributed by atoms with Crippen molar-refractivity contribution in [1.82, 2.24) is 0 Å². The average molecular weight is 316 g/mol. The van der Waals surface area contributed by atoms with Crippen molar-refractivity contribution in [3.8, 4) is 11.5 Å². The standard InChI is InChI=1S/C16H16N2O5/c17-18-5-3-1-2-4-9-6-14-15(16(21)22-9)10-7-11(19)12(20)8-13(10)23-14/h6-8,17,19-20H,1-5H2. The lowest BCUT2D eigenvalue weighted by molar-refractivity contribution is 0.404. The van der Waals surface area contributed by atoms with Gasteiger partial charge in [-0.2, -0.15) is 5.11 Å². The van der Waals surface area contributed by atoms with Crippen molar-refractivity contribution in [2.24, 2.45) is 5.11 Å². The molecule has 0 aliphatic carbocycles. The number of hydrogen-bond donors (Lipinski definition) is 3. The first kappa shape index (κ1) is 15.1. The fourth-order valence-corrected chi connectivity index (χ4v) is 2.59. The summed E-state index contributed by atoms with van der Waals surface area (Å²) < 4.78 is 10.9. The highest BCUT2D eigenvalue weighted by Gasteiger charge is 2.16. The minimum atomic E-state index is -0.525. The van der Waals surface area contributed by atoms with Crippen LogP contribution in [-0.2, 0) is 6.42 Å². The zero-order chi connectivity index (χ0) is 16.4. The second kappa shape index (κ2) is 6.12. The van der Waals surface area contributed by atoms with Crippen molar-refractivity contribution < 1.29 is 19.0 Å². The number of fused-ring (bicyclic) bond motifs is 3. The molecule has 23 heavy (non-hydrogen) atoms. The van der Waals surface area contributed by atoms with Crippen LogP contribution < -0.4 is 5.63 Å². The number of aromatic hydroxyl groups is 2. The van der Waals surface area contributed by atoms with Crippen molar-refractivity contribution in [3.05, 3.63) is 34.4 Å². The SMILES string of the molecule is N=NCCCCCc1cc2oc3cc(O)c(O)cc3c2c(=O)o1. The highest BCUT2D eigenvalue weighted by Crippen LogP contribution is 2.35. The van der Waals surface area contributed by atoms with E-state index in [0.29, 0.717) is 35.3 Å². The van der Waals surface area contributed by atoms with Gasteiger partial charge in [-0.3, -0.25) is 0 Å². The number of phenols is 2. The summed E-state index contributed by atoms with van der Waals surface area (Å²) in [6.07, 6.45) is 3.15. The normalized spacial score (nSPS) is 11.3. The molecule has 120 valence electrons. The number of nitrogens with zero attached hydrogens (tertiary/aromatic N) is 1. The van der Waals surface area contributed by atoms with Crippen molar-refractivity contribution in [2.75, 3.05) is 6.54 Å². The number of phenolic OH excluding ortho intramolecular Hbond substituents is 2. The summed E-state index contributed by atoms with van der Waals surface area (Å²) in [5, 5.41) is 23.1. The molecule has 0 bridgehead atoms. The monoisotopic (exact) mass is 316 g/mol. The Morgan fingerprint density at radius 3 is 2.57 bits per heavy atom. The van der Waals surface area contributed by atoms with Gasteiger partial charge in [0.2, 0.25) is 0 Å². The van der Waals surface area contributed by atoms with E-state index in [1.807, 2.05) is 0 Å². The van der Waals surface area contributed by atoms with Crippen LogP contribution in [0.15, 0.2) is 36.9 Å². The molecule has 0 aliphatic heterocycles. The van der Waals surface area contributed by atoms with Gasteiger partial charge in [-0.25, -0.2) is 10.3 Å². The zero-order valence-electron chi connectivity index (χ0n) is 12.3. The van der Waals surface area contributed by atoms with Crippen LogP contribution in [-0.4, -0.2) is 16.8 Å². The van der Waals surface area contributed by atoms with Crippen LogP contribution in [0.2, 0.25) is 0 Å². The Balaban J connectivity index is 1.94. The third kappa shape index (κ3) is 2.90. The van der Waals surface area contributed by atoms with Crippen LogP contribution in [0.4, 0.5) is 0 Å². The highest BCUT2D eigenvalue weighted by atomic mass is 16.4. The molecule has 3 rings (SSSR count). The first-order chi connectivity index (χ1) is 11.1. The predicted octanol–water partition coefficient (Wildman–Crippen LogP) is 3.69. The van der Waals surface area contributed by atoms with Gasteiger partial charge in [0.15, 0.2) is 11.5 Å². The summed E-state index contributed by atoms with van der Waals surface area (Å²) >= 11 is 0. The minimum absolute atomic E-state index is 0.257. The molecule has 2 aromatic heterocycles. The molecule has 7 nitrogen and oxygen atoms in total. The fourth-order valence-electron chi connectivity index (χ4n) is 2.59. The van der Waals surface area contributed by atoms with Crippen LogP contribution in [0.3, 0.4) is 0 Å². The van der Waals surface area contributed by atoms with Gasteiger partial charge in [-0.1, -0.05) is 6.42 Å². The van der Waals surface area contributed by atoms with Gasteiger partial charge in [-0.05, 0) is 18.9 Å². The summed E-state index contributed by atoms with van der Waals surface area (Å²) in [5.74, 6) is -0.0951. The smallest absolute Gasteiger partial charge is 0.347 e. The number of nitrogens with one attached hydrogen (secondary N) is 1. The van der Waals surface area contributed by atoms with E-state index in [0.717, 1.165) is 19.3 Å². The van der Waals surface area contributed by atoms with E-state index in [4.69, 9.17) is 14.4 Å². The zero-order valence-corrected chi connectivity index (χ0v) is 12.3. The summed E-state index contributed by atoms with van der Waals surface area (Å²) in [6, 6.07) is 4.23. The Labute approximate surface area is 130 Å². The molecule has 0 saturated carbocycles. The third-order valence-corrected chi connectivity index (χ3v) is 3.73. The first-order valence-corrected chi connectivity index (χ1v) is 7.34. The quantitative estimate of drug-likeness (QED) is 0.364. The highest BCUT2D eigenvalue weighted by molar-refractivity contribution is 6.05. The van der Waals surface area contributed by atoms with Gasteiger partial charge in [0.25, 0.3) is 0 Å². The lowest BCUT2D eigenvalue weighted by Gasteiger charge is -1.99.